The summed E-state index contributed by atoms with van der Waals surface area (Å²) in [6.45, 7) is 6.96. The van der Waals surface area contributed by atoms with Gasteiger partial charge in [0.25, 0.3) is 0 Å². The Hall–Kier alpha value is -1.08. The average Bonchev–Trinajstić information content (AvgIpc) is 2.28. The maximum Gasteiger partial charge on any atom is 0.428 e. The average molecular weight is 408 g/mol. The molecule has 0 unspecified atom stereocenters. The molecule has 0 heterocycles. The predicted molar refractivity (Wildman–Crippen MR) is 85.1 cm³/mol. The molecular weight excluding hydrogens is 392 g/mol. The van der Waals surface area contributed by atoms with Gasteiger partial charge in [-0.1, -0.05) is 15.9 Å². The van der Waals surface area contributed by atoms with E-state index >= 15 is 0 Å². The molecule has 20 heavy (non-hydrogen) atoms. The molecular formula is C13H16Br2N2O3. The lowest BCUT2D eigenvalue weighted by Gasteiger charge is -2.18. The molecule has 1 aromatic rings. The molecule has 0 bridgehead atoms. The minimum Gasteiger partial charge on any atom is -0.506 e. The first-order valence-electron chi connectivity index (χ1n) is 5.82. The van der Waals surface area contributed by atoms with Crippen molar-refractivity contribution in [2.45, 2.75) is 33.3 Å². The van der Waals surface area contributed by atoms with E-state index in [2.05, 4.69) is 42.4 Å². The van der Waals surface area contributed by atoms with Crippen molar-refractivity contribution in [2.75, 3.05) is 0 Å². The number of amides is 1. The monoisotopic (exact) mass is 406 g/mol. The van der Waals surface area contributed by atoms with Gasteiger partial charge in [-0.25, -0.2) is 10.2 Å². The van der Waals surface area contributed by atoms with E-state index in [1.165, 1.54) is 0 Å². The fraction of sp³-hybridized carbons (Fsp3) is 0.385. The fourth-order valence-corrected chi connectivity index (χ4v) is 2.56. The van der Waals surface area contributed by atoms with Crippen LogP contribution in [-0.4, -0.2) is 22.5 Å². The second kappa shape index (κ2) is 6.58. The Balaban J connectivity index is 2.88. The number of ether oxygens (including phenoxy) is 1. The van der Waals surface area contributed by atoms with Crippen molar-refractivity contribution in [3.63, 3.8) is 0 Å². The maximum atomic E-state index is 11.5. The van der Waals surface area contributed by atoms with Gasteiger partial charge >= 0.3 is 6.09 Å². The van der Waals surface area contributed by atoms with E-state index in [1.807, 2.05) is 0 Å². The fourth-order valence-electron chi connectivity index (χ4n) is 1.33. The van der Waals surface area contributed by atoms with Crippen LogP contribution < -0.4 is 5.43 Å². The van der Waals surface area contributed by atoms with Gasteiger partial charge in [-0.2, -0.15) is 5.10 Å². The molecule has 0 aliphatic carbocycles. The van der Waals surface area contributed by atoms with Crippen LogP contribution in [0.15, 0.2) is 26.2 Å². The summed E-state index contributed by atoms with van der Waals surface area (Å²) in [5.41, 5.74) is 2.66. The van der Waals surface area contributed by atoms with E-state index in [4.69, 9.17) is 4.74 Å². The zero-order chi connectivity index (χ0) is 15.5. The zero-order valence-corrected chi connectivity index (χ0v) is 14.8. The lowest BCUT2D eigenvalue weighted by molar-refractivity contribution is 0.0529. The van der Waals surface area contributed by atoms with Crippen LogP contribution in [0.25, 0.3) is 0 Å². The Labute approximate surface area is 134 Å². The molecule has 0 atom stereocenters. The van der Waals surface area contributed by atoms with E-state index < -0.39 is 11.7 Å². The highest BCUT2D eigenvalue weighted by molar-refractivity contribution is 9.11. The highest BCUT2D eigenvalue weighted by Crippen LogP contribution is 2.31. The first-order valence-corrected chi connectivity index (χ1v) is 7.40. The summed E-state index contributed by atoms with van der Waals surface area (Å²) in [4.78, 5) is 11.5. The zero-order valence-electron chi connectivity index (χ0n) is 11.6. The first-order chi connectivity index (χ1) is 9.10. The van der Waals surface area contributed by atoms with Crippen LogP contribution >= 0.6 is 31.9 Å². The van der Waals surface area contributed by atoms with Gasteiger partial charge in [0, 0.05) is 10.0 Å². The number of hydrogen-bond acceptors (Lipinski definition) is 4. The number of phenolic OH excluding ortho intramolecular Hbond substituents is 1. The maximum absolute atomic E-state index is 11.5. The molecule has 0 aliphatic rings. The normalized spacial score (nSPS) is 12.2. The van der Waals surface area contributed by atoms with E-state index in [1.54, 1.807) is 39.8 Å². The number of carbonyl (C=O) groups is 1. The summed E-state index contributed by atoms with van der Waals surface area (Å²) in [7, 11) is 0. The Kier molecular flexibility index (Phi) is 5.59. The van der Waals surface area contributed by atoms with Crippen molar-refractivity contribution in [3.8, 4) is 5.75 Å². The quantitative estimate of drug-likeness (QED) is 0.570. The molecule has 1 amide bonds. The van der Waals surface area contributed by atoms with Crippen molar-refractivity contribution in [1.82, 2.24) is 5.43 Å². The molecule has 110 valence electrons. The van der Waals surface area contributed by atoms with Gasteiger partial charge in [0.15, 0.2) is 0 Å². The van der Waals surface area contributed by atoms with Crippen LogP contribution in [-0.2, 0) is 4.74 Å². The topological polar surface area (TPSA) is 70.9 Å². The number of carbonyl (C=O) groups excluding carboxylic acids is 1. The van der Waals surface area contributed by atoms with Gasteiger partial charge in [-0.3, -0.25) is 0 Å². The third kappa shape index (κ3) is 5.13. The largest absolute Gasteiger partial charge is 0.506 e. The van der Waals surface area contributed by atoms with Crippen molar-refractivity contribution in [1.29, 1.82) is 0 Å². The lowest BCUT2D eigenvalue weighted by atomic mass is 10.1. The van der Waals surface area contributed by atoms with Gasteiger partial charge in [0.05, 0.1) is 10.2 Å². The molecule has 5 nitrogen and oxygen atoms in total. The van der Waals surface area contributed by atoms with E-state index in [0.717, 1.165) is 4.47 Å². The molecule has 0 aliphatic heterocycles. The van der Waals surface area contributed by atoms with Gasteiger partial charge < -0.3 is 9.84 Å². The molecule has 0 spiro atoms. The number of hydrogen-bond donors (Lipinski definition) is 2. The summed E-state index contributed by atoms with van der Waals surface area (Å²) >= 11 is 6.57. The molecule has 0 saturated carbocycles. The Morgan fingerprint density at radius 3 is 2.50 bits per heavy atom. The number of hydrazone groups is 1. The van der Waals surface area contributed by atoms with Gasteiger partial charge in [0.1, 0.15) is 11.4 Å². The van der Waals surface area contributed by atoms with E-state index in [9.17, 15) is 9.90 Å². The Morgan fingerprint density at radius 2 is 1.95 bits per heavy atom. The second-order valence-corrected chi connectivity index (χ2v) is 6.86. The van der Waals surface area contributed by atoms with Crippen LogP contribution in [0.1, 0.15) is 33.3 Å². The number of halogens is 2. The van der Waals surface area contributed by atoms with Gasteiger partial charge in [0.2, 0.25) is 0 Å². The Morgan fingerprint density at radius 1 is 1.35 bits per heavy atom. The second-order valence-electron chi connectivity index (χ2n) is 5.09. The molecule has 1 rings (SSSR count). The molecule has 0 saturated heterocycles. The molecule has 0 radical (unpaired) electrons. The van der Waals surface area contributed by atoms with Crippen LogP contribution in [0.2, 0.25) is 0 Å². The SMILES string of the molecule is C/C(=N\NC(=O)OC(C)(C)C)c1cc(Br)cc(Br)c1O. The molecule has 7 heteroatoms. The highest BCUT2D eigenvalue weighted by atomic mass is 79.9. The molecule has 2 N–H and O–H groups in total. The summed E-state index contributed by atoms with van der Waals surface area (Å²) < 4.78 is 6.38. The first kappa shape index (κ1) is 17.0. The van der Waals surface area contributed by atoms with Crippen LogP contribution in [0, 0.1) is 0 Å². The molecule has 0 aromatic heterocycles. The summed E-state index contributed by atoms with van der Waals surface area (Å²) in [5.74, 6) is 0.0560. The van der Waals surface area contributed by atoms with Crippen molar-refractivity contribution in [3.05, 3.63) is 26.6 Å². The smallest absolute Gasteiger partial charge is 0.428 e. The predicted octanol–water partition coefficient (Wildman–Crippen LogP) is 4.17. The molecule has 0 fully saturated rings. The number of benzene rings is 1. The van der Waals surface area contributed by atoms with E-state index in [0.29, 0.717) is 15.7 Å². The van der Waals surface area contributed by atoms with Gasteiger partial charge in [-0.15, -0.1) is 0 Å². The van der Waals surface area contributed by atoms with Gasteiger partial charge in [-0.05, 0) is 55.8 Å². The van der Waals surface area contributed by atoms with Crippen LogP contribution in [0.5, 0.6) is 5.75 Å². The Bertz CT molecular complexity index is 551. The minimum atomic E-state index is -0.648. The van der Waals surface area contributed by atoms with E-state index in [-0.39, 0.29) is 5.75 Å². The van der Waals surface area contributed by atoms with Crippen molar-refractivity contribution < 1.29 is 14.6 Å². The lowest BCUT2D eigenvalue weighted by Crippen LogP contribution is -2.30. The standard InChI is InChI=1S/C13H16Br2N2O3/c1-7(16-17-12(19)20-13(2,3)4)9-5-8(14)6-10(15)11(9)18/h5-6,18H,1-4H3,(H,17,19)/b16-7+. The van der Waals surface area contributed by atoms with Crippen LogP contribution in [0.3, 0.4) is 0 Å². The minimum absolute atomic E-state index is 0.0560. The number of nitrogens with one attached hydrogen (secondary N) is 1. The third-order valence-electron chi connectivity index (χ3n) is 2.13. The number of rotatable bonds is 2. The van der Waals surface area contributed by atoms with Crippen molar-refractivity contribution >= 4 is 43.7 Å². The third-order valence-corrected chi connectivity index (χ3v) is 3.19. The number of phenols is 1. The number of nitrogens with zero attached hydrogens (tertiary/aromatic N) is 1. The summed E-state index contributed by atoms with van der Waals surface area (Å²) in [5, 5.41) is 13.9. The number of aromatic hydroxyl groups is 1. The summed E-state index contributed by atoms with van der Waals surface area (Å²) in [6.07, 6.45) is -0.648. The summed E-state index contributed by atoms with van der Waals surface area (Å²) in [6, 6.07) is 3.42. The van der Waals surface area contributed by atoms with Crippen LogP contribution in [0.4, 0.5) is 4.79 Å². The highest BCUT2D eigenvalue weighted by Gasteiger charge is 2.16. The van der Waals surface area contributed by atoms with Crippen molar-refractivity contribution in [2.24, 2.45) is 5.10 Å². The molecule has 1 aromatic carbocycles.